The van der Waals surface area contributed by atoms with Crippen molar-refractivity contribution < 1.29 is 4.79 Å². The summed E-state index contributed by atoms with van der Waals surface area (Å²) in [5.41, 5.74) is 1.24. The molecule has 0 spiro atoms. The minimum absolute atomic E-state index is 0.157. The minimum Gasteiger partial charge on any atom is -0.378 e. The Hall–Kier alpha value is -2.63. The molecule has 0 saturated carbocycles. The van der Waals surface area contributed by atoms with Crippen molar-refractivity contribution >= 4 is 11.6 Å². The highest BCUT2D eigenvalue weighted by atomic mass is 16.2. The van der Waals surface area contributed by atoms with Crippen LogP contribution in [0.5, 0.6) is 0 Å². The van der Waals surface area contributed by atoms with Crippen molar-refractivity contribution in [2.45, 2.75) is 6.54 Å². The first-order valence-corrected chi connectivity index (χ1v) is 6.65. The van der Waals surface area contributed by atoms with Crippen LogP contribution in [0.4, 0.5) is 5.69 Å². The first kappa shape index (κ1) is 14.8. The Morgan fingerprint density at radius 2 is 2.14 bits per heavy atom. The third-order valence-electron chi connectivity index (χ3n) is 3.05. The van der Waals surface area contributed by atoms with Gasteiger partial charge >= 0.3 is 5.69 Å². The van der Waals surface area contributed by atoms with E-state index in [1.807, 2.05) is 37.2 Å². The molecule has 110 valence electrons. The fourth-order valence-electron chi connectivity index (χ4n) is 1.87. The smallest absolute Gasteiger partial charge is 0.347 e. The van der Waals surface area contributed by atoms with Gasteiger partial charge in [-0.15, -0.1) is 0 Å². The third kappa shape index (κ3) is 3.92. The van der Waals surface area contributed by atoms with Crippen molar-refractivity contribution in [1.29, 1.82) is 0 Å². The van der Waals surface area contributed by atoms with Gasteiger partial charge < -0.3 is 10.2 Å². The average molecular weight is 286 g/mol. The predicted molar refractivity (Wildman–Crippen MR) is 81.6 cm³/mol. The van der Waals surface area contributed by atoms with E-state index in [0.717, 1.165) is 5.69 Å². The molecule has 6 heteroatoms. The van der Waals surface area contributed by atoms with Crippen LogP contribution in [0.1, 0.15) is 10.4 Å². The lowest BCUT2D eigenvalue weighted by molar-refractivity contribution is 0.0952. The van der Waals surface area contributed by atoms with Crippen molar-refractivity contribution in [2.24, 2.45) is 0 Å². The van der Waals surface area contributed by atoms with Gasteiger partial charge in [0.1, 0.15) is 0 Å². The molecule has 1 aromatic carbocycles. The molecule has 21 heavy (non-hydrogen) atoms. The number of carbonyl (C=O) groups is 1. The number of amides is 1. The quantitative estimate of drug-likeness (QED) is 0.880. The van der Waals surface area contributed by atoms with Gasteiger partial charge in [-0.1, -0.05) is 6.07 Å². The van der Waals surface area contributed by atoms with Gasteiger partial charge in [-0.25, -0.2) is 9.78 Å². The van der Waals surface area contributed by atoms with Crippen molar-refractivity contribution in [3.05, 3.63) is 58.8 Å². The van der Waals surface area contributed by atoms with Crippen LogP contribution in [0, 0.1) is 0 Å². The highest BCUT2D eigenvalue weighted by Crippen LogP contribution is 2.13. The van der Waals surface area contributed by atoms with Crippen LogP contribution in [0.25, 0.3) is 0 Å². The maximum atomic E-state index is 12.1. The van der Waals surface area contributed by atoms with Gasteiger partial charge in [0.25, 0.3) is 5.91 Å². The molecule has 1 aromatic heterocycles. The van der Waals surface area contributed by atoms with E-state index in [4.69, 9.17) is 0 Å². The van der Waals surface area contributed by atoms with Gasteiger partial charge in [0.15, 0.2) is 0 Å². The lowest BCUT2D eigenvalue weighted by atomic mass is 10.2. The summed E-state index contributed by atoms with van der Waals surface area (Å²) in [5.74, 6) is -0.157. The molecule has 0 unspecified atom stereocenters. The second-order valence-electron chi connectivity index (χ2n) is 4.80. The van der Waals surface area contributed by atoms with Crippen molar-refractivity contribution in [1.82, 2.24) is 14.9 Å². The van der Waals surface area contributed by atoms with Gasteiger partial charge in [0, 0.05) is 50.8 Å². The van der Waals surface area contributed by atoms with Crippen LogP contribution in [0.15, 0.2) is 47.5 Å². The van der Waals surface area contributed by atoms with E-state index >= 15 is 0 Å². The van der Waals surface area contributed by atoms with Gasteiger partial charge in [0.05, 0.1) is 0 Å². The second kappa shape index (κ2) is 6.69. The highest BCUT2D eigenvalue weighted by Gasteiger charge is 2.06. The van der Waals surface area contributed by atoms with E-state index in [0.29, 0.717) is 18.7 Å². The molecule has 0 atom stereocenters. The summed E-state index contributed by atoms with van der Waals surface area (Å²) in [6.07, 6.45) is 3.10. The molecule has 2 aromatic rings. The summed E-state index contributed by atoms with van der Waals surface area (Å²) >= 11 is 0. The number of aromatic nitrogens is 2. The van der Waals surface area contributed by atoms with Crippen molar-refractivity contribution in [3.63, 3.8) is 0 Å². The summed E-state index contributed by atoms with van der Waals surface area (Å²) in [5, 5.41) is 2.80. The first-order valence-electron chi connectivity index (χ1n) is 6.65. The third-order valence-corrected chi connectivity index (χ3v) is 3.05. The first-order chi connectivity index (χ1) is 10.1. The molecule has 0 aliphatic carbocycles. The van der Waals surface area contributed by atoms with Crippen LogP contribution in [0.2, 0.25) is 0 Å². The second-order valence-corrected chi connectivity index (χ2v) is 4.80. The summed E-state index contributed by atoms with van der Waals surface area (Å²) in [4.78, 5) is 29.1. The summed E-state index contributed by atoms with van der Waals surface area (Å²) < 4.78 is 1.45. The van der Waals surface area contributed by atoms with Crippen molar-refractivity contribution in [3.8, 4) is 0 Å². The molecular weight excluding hydrogens is 268 g/mol. The molecule has 0 saturated heterocycles. The molecule has 6 nitrogen and oxygen atoms in total. The van der Waals surface area contributed by atoms with E-state index in [2.05, 4.69) is 10.3 Å². The number of nitrogens with zero attached hydrogens (tertiary/aromatic N) is 3. The molecule has 2 rings (SSSR count). The molecule has 1 heterocycles. The summed E-state index contributed by atoms with van der Waals surface area (Å²) in [6.45, 7) is 0.766. The maximum absolute atomic E-state index is 12.1. The number of rotatable bonds is 5. The number of anilines is 1. The van der Waals surface area contributed by atoms with Crippen LogP contribution in [0.3, 0.4) is 0 Å². The van der Waals surface area contributed by atoms with E-state index in [1.54, 1.807) is 18.3 Å². The largest absolute Gasteiger partial charge is 0.378 e. The zero-order chi connectivity index (χ0) is 15.2. The molecule has 0 radical (unpaired) electrons. The molecular formula is C15H18N4O2. The Morgan fingerprint density at radius 3 is 2.86 bits per heavy atom. The molecule has 1 N–H and O–H groups in total. The fourth-order valence-corrected chi connectivity index (χ4v) is 1.87. The van der Waals surface area contributed by atoms with E-state index in [9.17, 15) is 9.59 Å². The number of carbonyl (C=O) groups excluding carboxylic acids is 1. The monoisotopic (exact) mass is 286 g/mol. The van der Waals surface area contributed by atoms with Crippen molar-refractivity contribution in [2.75, 3.05) is 25.5 Å². The number of hydrogen-bond donors (Lipinski definition) is 1. The van der Waals surface area contributed by atoms with E-state index in [-0.39, 0.29) is 11.6 Å². The molecule has 0 fully saturated rings. The molecule has 0 aliphatic heterocycles. The molecule has 0 aliphatic rings. The van der Waals surface area contributed by atoms with Gasteiger partial charge in [0.2, 0.25) is 0 Å². The van der Waals surface area contributed by atoms with Crippen LogP contribution >= 0.6 is 0 Å². The zero-order valence-electron chi connectivity index (χ0n) is 12.1. The lowest BCUT2D eigenvalue weighted by Gasteiger charge is -2.13. The SMILES string of the molecule is CN(C)c1cccc(C(=O)NCCn2cccnc2=O)c1. The fraction of sp³-hybridized carbons (Fsp3) is 0.267. The van der Waals surface area contributed by atoms with Gasteiger partial charge in [-0.2, -0.15) is 0 Å². The van der Waals surface area contributed by atoms with Crippen LogP contribution in [-0.2, 0) is 6.54 Å². The molecule has 0 bridgehead atoms. The number of hydrogen-bond acceptors (Lipinski definition) is 4. The minimum atomic E-state index is -0.318. The van der Waals surface area contributed by atoms with E-state index < -0.39 is 0 Å². The zero-order valence-corrected chi connectivity index (χ0v) is 12.1. The Bertz CT molecular complexity index is 679. The maximum Gasteiger partial charge on any atom is 0.347 e. The van der Waals surface area contributed by atoms with Crippen LogP contribution < -0.4 is 15.9 Å². The van der Waals surface area contributed by atoms with Gasteiger partial charge in [-0.05, 0) is 24.3 Å². The van der Waals surface area contributed by atoms with Gasteiger partial charge in [-0.3, -0.25) is 9.36 Å². The number of nitrogens with one attached hydrogen (secondary N) is 1. The lowest BCUT2D eigenvalue weighted by Crippen LogP contribution is -2.31. The Morgan fingerprint density at radius 1 is 1.33 bits per heavy atom. The summed E-state index contributed by atoms with van der Waals surface area (Å²) in [6, 6.07) is 9.05. The summed E-state index contributed by atoms with van der Waals surface area (Å²) in [7, 11) is 3.84. The molecule has 1 amide bonds. The predicted octanol–water partition coefficient (Wildman–Crippen LogP) is 0.739. The standard InChI is InChI=1S/C15H18N4O2/c1-18(2)13-6-3-5-12(11-13)14(20)16-8-10-19-9-4-7-17-15(19)21/h3-7,9,11H,8,10H2,1-2H3,(H,16,20). The van der Waals surface area contributed by atoms with Crippen LogP contribution in [-0.4, -0.2) is 36.1 Å². The Kier molecular flexibility index (Phi) is 4.71. The Balaban J connectivity index is 1.95. The van der Waals surface area contributed by atoms with E-state index in [1.165, 1.54) is 10.8 Å². The Labute approximate surface area is 123 Å². The number of benzene rings is 1. The average Bonchev–Trinajstić information content (AvgIpc) is 2.49. The normalized spacial score (nSPS) is 10.2. The highest BCUT2D eigenvalue weighted by molar-refractivity contribution is 5.95. The topological polar surface area (TPSA) is 67.2 Å².